The van der Waals surface area contributed by atoms with E-state index in [1.165, 1.54) is 23.1 Å². The van der Waals surface area contributed by atoms with E-state index >= 15 is 0 Å². The first-order chi connectivity index (χ1) is 9.94. The topological polar surface area (TPSA) is 62.7 Å². The highest BCUT2D eigenvalue weighted by Crippen LogP contribution is 2.41. The summed E-state index contributed by atoms with van der Waals surface area (Å²) in [6, 6.07) is 4.24. The first-order valence-electron chi connectivity index (χ1n) is 6.66. The van der Waals surface area contributed by atoms with Crippen molar-refractivity contribution < 1.29 is 27.8 Å². The molecule has 0 spiro atoms. The predicted octanol–water partition coefficient (Wildman–Crippen LogP) is 2.72. The van der Waals surface area contributed by atoms with Gasteiger partial charge in [-0.2, -0.15) is 13.2 Å². The third-order valence-electron chi connectivity index (χ3n) is 3.44. The minimum Gasteiger partial charge on any atom is -0.477 e. The van der Waals surface area contributed by atoms with E-state index in [1.807, 2.05) is 0 Å². The average molecular weight is 318 g/mol. The molecule has 0 amide bonds. The molecule has 0 radical (unpaired) electrons. The van der Waals surface area contributed by atoms with Crippen LogP contribution in [0.1, 0.15) is 31.3 Å². The Morgan fingerprint density at radius 2 is 1.95 bits per heavy atom. The lowest BCUT2D eigenvalue weighted by molar-refractivity contribution is -0.302. The molecule has 5 nitrogen and oxygen atoms in total. The number of carboxylic acids is 1. The molecular weight excluding hydrogens is 301 g/mol. The Labute approximate surface area is 125 Å². The van der Waals surface area contributed by atoms with E-state index in [1.54, 1.807) is 13.8 Å². The molecule has 0 bridgehead atoms. The zero-order valence-electron chi connectivity index (χ0n) is 12.4. The number of pyridine rings is 1. The number of nitrogens with zero attached hydrogens (tertiary/aromatic N) is 2. The SMILES string of the molecule is CC1(C)CN(c2cccc(C(=O)O)n2)CC(C)(C(F)(F)F)O1. The summed E-state index contributed by atoms with van der Waals surface area (Å²) in [5.74, 6) is -1.04. The van der Waals surface area contributed by atoms with Gasteiger partial charge >= 0.3 is 12.1 Å². The van der Waals surface area contributed by atoms with Crippen molar-refractivity contribution in [2.24, 2.45) is 0 Å². The minimum absolute atomic E-state index is 0.175. The summed E-state index contributed by atoms with van der Waals surface area (Å²) in [5, 5.41) is 8.96. The number of carboxylic acid groups (broad SMARTS) is 1. The molecule has 1 saturated heterocycles. The van der Waals surface area contributed by atoms with Gasteiger partial charge in [0.2, 0.25) is 0 Å². The minimum atomic E-state index is -4.55. The van der Waals surface area contributed by atoms with E-state index in [-0.39, 0.29) is 18.1 Å². The molecule has 1 atom stereocenters. The van der Waals surface area contributed by atoms with Crippen LogP contribution in [0.3, 0.4) is 0 Å². The number of ether oxygens (including phenoxy) is 1. The molecule has 1 aliphatic rings. The number of carbonyl (C=O) groups is 1. The van der Waals surface area contributed by atoms with Gasteiger partial charge in [0.05, 0.1) is 12.1 Å². The molecule has 1 aromatic heterocycles. The van der Waals surface area contributed by atoms with Crippen LogP contribution < -0.4 is 4.90 Å². The van der Waals surface area contributed by atoms with E-state index in [9.17, 15) is 18.0 Å². The second kappa shape index (κ2) is 5.12. The number of halogens is 3. The smallest absolute Gasteiger partial charge is 0.418 e. The molecule has 122 valence electrons. The van der Waals surface area contributed by atoms with Gasteiger partial charge in [0.1, 0.15) is 5.82 Å². The first kappa shape index (κ1) is 16.5. The number of anilines is 1. The first-order valence-corrected chi connectivity index (χ1v) is 6.66. The summed E-state index contributed by atoms with van der Waals surface area (Å²) >= 11 is 0. The largest absolute Gasteiger partial charge is 0.477 e. The lowest BCUT2D eigenvalue weighted by Crippen LogP contribution is -2.64. The van der Waals surface area contributed by atoms with Crippen LogP contribution in [-0.2, 0) is 4.74 Å². The summed E-state index contributed by atoms with van der Waals surface area (Å²) in [4.78, 5) is 16.3. The normalized spacial score (nSPS) is 25.1. The fourth-order valence-corrected chi connectivity index (χ4v) is 2.58. The molecule has 1 fully saturated rings. The molecule has 1 aromatic rings. The number of aromatic carboxylic acids is 1. The van der Waals surface area contributed by atoms with E-state index in [2.05, 4.69) is 4.98 Å². The van der Waals surface area contributed by atoms with E-state index in [0.29, 0.717) is 0 Å². The highest BCUT2D eigenvalue weighted by atomic mass is 19.4. The quantitative estimate of drug-likeness (QED) is 0.908. The van der Waals surface area contributed by atoms with Gasteiger partial charge in [0, 0.05) is 6.54 Å². The molecule has 2 rings (SSSR count). The van der Waals surface area contributed by atoms with E-state index < -0.39 is 29.9 Å². The van der Waals surface area contributed by atoms with E-state index in [0.717, 1.165) is 6.92 Å². The van der Waals surface area contributed by atoms with Crippen molar-refractivity contribution in [1.29, 1.82) is 0 Å². The maximum atomic E-state index is 13.3. The van der Waals surface area contributed by atoms with Crippen LogP contribution in [0.15, 0.2) is 18.2 Å². The van der Waals surface area contributed by atoms with Gasteiger partial charge < -0.3 is 14.7 Å². The molecule has 1 aliphatic heterocycles. The number of hydrogen-bond donors (Lipinski definition) is 1. The van der Waals surface area contributed by atoms with Crippen LogP contribution in [0, 0.1) is 0 Å². The Bertz CT molecular complexity index is 589. The van der Waals surface area contributed by atoms with Crippen LogP contribution in [0.5, 0.6) is 0 Å². The standard InChI is InChI=1S/C14H17F3N2O3/c1-12(2)7-19(8-13(3,22-12)14(15,16)17)10-6-4-5-9(18-10)11(20)21/h4-6H,7-8H2,1-3H3,(H,20,21). The Morgan fingerprint density at radius 1 is 1.32 bits per heavy atom. The fourth-order valence-electron chi connectivity index (χ4n) is 2.58. The summed E-state index contributed by atoms with van der Waals surface area (Å²) in [7, 11) is 0. The van der Waals surface area contributed by atoms with Crippen molar-refractivity contribution in [1.82, 2.24) is 4.98 Å². The molecule has 22 heavy (non-hydrogen) atoms. The third kappa shape index (κ3) is 3.16. The Hall–Kier alpha value is -1.83. The van der Waals surface area contributed by atoms with Crippen molar-refractivity contribution in [2.75, 3.05) is 18.0 Å². The van der Waals surface area contributed by atoms with Crippen LogP contribution in [0.4, 0.5) is 19.0 Å². The van der Waals surface area contributed by atoms with Crippen LogP contribution >= 0.6 is 0 Å². The Morgan fingerprint density at radius 3 is 2.50 bits per heavy atom. The predicted molar refractivity (Wildman–Crippen MR) is 73.0 cm³/mol. The molecule has 2 heterocycles. The van der Waals surface area contributed by atoms with Crippen molar-refractivity contribution in [3.8, 4) is 0 Å². The van der Waals surface area contributed by atoms with Gasteiger partial charge in [0.15, 0.2) is 11.3 Å². The highest BCUT2D eigenvalue weighted by molar-refractivity contribution is 5.85. The summed E-state index contributed by atoms with van der Waals surface area (Å²) < 4.78 is 45.1. The molecule has 8 heteroatoms. The highest BCUT2D eigenvalue weighted by Gasteiger charge is 2.58. The third-order valence-corrected chi connectivity index (χ3v) is 3.44. The molecular formula is C14H17F3N2O3. The zero-order valence-corrected chi connectivity index (χ0v) is 12.4. The van der Waals surface area contributed by atoms with Crippen molar-refractivity contribution in [2.45, 2.75) is 38.1 Å². The Kier molecular flexibility index (Phi) is 3.85. The Balaban J connectivity index is 2.39. The summed E-state index contributed by atoms with van der Waals surface area (Å²) in [5.41, 5.74) is -3.62. The van der Waals surface area contributed by atoms with Gasteiger partial charge in [-0.05, 0) is 32.9 Å². The van der Waals surface area contributed by atoms with Gasteiger partial charge in [-0.25, -0.2) is 9.78 Å². The van der Waals surface area contributed by atoms with Crippen LogP contribution in [0.25, 0.3) is 0 Å². The van der Waals surface area contributed by atoms with Crippen LogP contribution in [0.2, 0.25) is 0 Å². The fraction of sp³-hybridized carbons (Fsp3) is 0.571. The molecule has 0 aromatic carbocycles. The maximum Gasteiger partial charge on any atom is 0.418 e. The van der Waals surface area contributed by atoms with Gasteiger partial charge in [-0.15, -0.1) is 0 Å². The number of rotatable bonds is 2. The van der Waals surface area contributed by atoms with Crippen molar-refractivity contribution >= 4 is 11.8 Å². The summed E-state index contributed by atoms with van der Waals surface area (Å²) in [6.07, 6.45) is -4.55. The second-order valence-corrected chi connectivity index (χ2v) is 6.13. The average Bonchev–Trinajstić information content (AvgIpc) is 2.35. The lowest BCUT2D eigenvalue weighted by Gasteiger charge is -2.49. The molecule has 0 saturated carbocycles. The number of hydrogen-bond acceptors (Lipinski definition) is 4. The molecule has 0 aliphatic carbocycles. The van der Waals surface area contributed by atoms with Gasteiger partial charge in [-0.3, -0.25) is 0 Å². The maximum absolute atomic E-state index is 13.3. The number of alkyl halides is 3. The number of aromatic nitrogens is 1. The van der Waals surface area contributed by atoms with E-state index in [4.69, 9.17) is 9.84 Å². The van der Waals surface area contributed by atoms with Crippen LogP contribution in [-0.4, -0.2) is 46.5 Å². The molecule has 1 N–H and O–H groups in total. The molecule has 1 unspecified atom stereocenters. The van der Waals surface area contributed by atoms with Crippen molar-refractivity contribution in [3.05, 3.63) is 23.9 Å². The van der Waals surface area contributed by atoms with Gasteiger partial charge in [0.25, 0.3) is 0 Å². The lowest BCUT2D eigenvalue weighted by atomic mass is 9.96. The second-order valence-electron chi connectivity index (χ2n) is 6.13. The number of morpholine rings is 1. The van der Waals surface area contributed by atoms with Gasteiger partial charge in [-0.1, -0.05) is 6.07 Å². The summed E-state index contributed by atoms with van der Waals surface area (Å²) in [6.45, 7) is 3.83. The zero-order chi connectivity index (χ0) is 16.8. The van der Waals surface area contributed by atoms with Crippen molar-refractivity contribution in [3.63, 3.8) is 0 Å². The monoisotopic (exact) mass is 318 g/mol.